The van der Waals surface area contributed by atoms with Gasteiger partial charge in [-0.3, -0.25) is 9.36 Å². The monoisotopic (exact) mass is 366 g/mol. The highest BCUT2D eigenvalue weighted by Crippen LogP contribution is 2.47. The van der Waals surface area contributed by atoms with Crippen molar-refractivity contribution in [1.82, 2.24) is 4.98 Å². The molecular weight excluding hydrogens is 347 g/mol. The lowest BCUT2D eigenvalue weighted by molar-refractivity contribution is 0.112. The quantitative estimate of drug-likeness (QED) is 0.552. The van der Waals surface area contributed by atoms with E-state index in [4.69, 9.17) is 4.52 Å². The summed E-state index contributed by atoms with van der Waals surface area (Å²) < 4.78 is 19.5. The first-order chi connectivity index (χ1) is 12.5. The van der Waals surface area contributed by atoms with Crippen molar-refractivity contribution in [2.75, 3.05) is 7.11 Å². The number of aromatic amines is 1. The normalized spacial score (nSPS) is 13.3. The number of aldehydes is 1. The predicted molar refractivity (Wildman–Crippen MR) is 103 cm³/mol. The molecule has 0 radical (unpaired) electrons. The molecule has 26 heavy (non-hydrogen) atoms. The maximum atomic E-state index is 14.0. The number of carbonyl (C=O) groups excluding carboxylic acids is 1. The summed E-state index contributed by atoms with van der Waals surface area (Å²) in [4.78, 5) is 14.7. The molecule has 1 atom stereocenters. The molecule has 0 aliphatic carbocycles. The molecule has 1 N–H and O–H groups in total. The molecule has 1 heterocycles. The summed E-state index contributed by atoms with van der Waals surface area (Å²) in [7, 11) is -2.20. The highest BCUT2D eigenvalue weighted by Gasteiger charge is 2.34. The number of hydrogen-bond acceptors (Lipinski definition) is 4. The molecule has 3 rings (SSSR count). The first-order valence-corrected chi connectivity index (χ1v) is 9.87. The number of carbonyl (C=O) groups is 1. The number of rotatable bonds is 5. The van der Waals surface area contributed by atoms with Crippen LogP contribution >= 0.6 is 7.37 Å². The van der Waals surface area contributed by atoms with Crippen LogP contribution in [0, 0.1) is 18.3 Å². The topological polar surface area (TPSA) is 82.9 Å². The minimum atomic E-state index is -3.57. The van der Waals surface area contributed by atoms with Gasteiger partial charge in [-0.25, -0.2) is 0 Å². The number of aryl methyl sites for hydroxylation is 2. The Hall–Kier alpha value is -2.67. The maximum absolute atomic E-state index is 14.0. The van der Waals surface area contributed by atoms with Crippen LogP contribution in [0.3, 0.4) is 0 Å². The van der Waals surface area contributed by atoms with Gasteiger partial charge in [0.2, 0.25) is 0 Å². The Morgan fingerprint density at radius 2 is 2.04 bits per heavy atom. The summed E-state index contributed by atoms with van der Waals surface area (Å²) in [5.74, 6) is 0. The van der Waals surface area contributed by atoms with Crippen LogP contribution in [0.5, 0.6) is 0 Å². The zero-order valence-electron chi connectivity index (χ0n) is 14.9. The van der Waals surface area contributed by atoms with Gasteiger partial charge in [-0.2, -0.15) is 5.26 Å². The van der Waals surface area contributed by atoms with E-state index in [9.17, 15) is 14.6 Å². The molecule has 6 heteroatoms. The van der Waals surface area contributed by atoms with Crippen molar-refractivity contribution >= 4 is 35.2 Å². The fraction of sp³-hybridized carbons (Fsp3) is 0.200. The van der Waals surface area contributed by atoms with E-state index < -0.39 is 7.37 Å². The Morgan fingerprint density at radius 1 is 1.27 bits per heavy atom. The molecule has 2 aromatic carbocycles. The number of benzene rings is 2. The number of fused-ring (bicyclic) bond motifs is 1. The van der Waals surface area contributed by atoms with Crippen molar-refractivity contribution in [3.8, 4) is 6.07 Å². The molecule has 3 aromatic rings. The first kappa shape index (κ1) is 18.1. The van der Waals surface area contributed by atoms with E-state index in [1.807, 2.05) is 32.0 Å². The van der Waals surface area contributed by atoms with Gasteiger partial charge >= 0.3 is 0 Å². The minimum absolute atomic E-state index is 0.233. The third-order valence-electron chi connectivity index (χ3n) is 4.48. The second kappa shape index (κ2) is 6.92. The number of nitrogens with one attached hydrogen (secondary N) is 1. The average molecular weight is 366 g/mol. The Balaban J connectivity index is 2.38. The highest BCUT2D eigenvalue weighted by atomic mass is 31.2. The minimum Gasteiger partial charge on any atom is -0.352 e. The van der Waals surface area contributed by atoms with Gasteiger partial charge in [0.25, 0.3) is 7.37 Å². The summed E-state index contributed by atoms with van der Waals surface area (Å²) in [5.41, 5.74) is 3.24. The Labute approximate surface area is 152 Å². The Bertz CT molecular complexity index is 1090. The number of aromatic nitrogens is 1. The van der Waals surface area contributed by atoms with Gasteiger partial charge in [-0.1, -0.05) is 18.6 Å². The van der Waals surface area contributed by atoms with Crippen LogP contribution in [0.25, 0.3) is 10.9 Å². The molecule has 0 amide bonds. The number of H-pyrrole nitrogens is 1. The smallest absolute Gasteiger partial charge is 0.263 e. The molecule has 0 saturated heterocycles. The Kier molecular flexibility index (Phi) is 4.82. The van der Waals surface area contributed by atoms with Gasteiger partial charge in [0.15, 0.2) is 6.29 Å². The fourth-order valence-corrected chi connectivity index (χ4v) is 5.38. The van der Waals surface area contributed by atoms with Crippen molar-refractivity contribution in [3.05, 3.63) is 58.8 Å². The summed E-state index contributed by atoms with van der Waals surface area (Å²) >= 11 is 0. The fourth-order valence-electron chi connectivity index (χ4n) is 3.15. The summed E-state index contributed by atoms with van der Waals surface area (Å²) in [6.45, 7) is 3.89. The molecule has 5 nitrogen and oxygen atoms in total. The van der Waals surface area contributed by atoms with Crippen LogP contribution in [0.2, 0.25) is 0 Å². The lowest BCUT2D eigenvalue weighted by Crippen LogP contribution is -2.21. The number of hydrogen-bond donors (Lipinski definition) is 1. The van der Waals surface area contributed by atoms with Crippen LogP contribution < -0.4 is 10.6 Å². The molecule has 0 bridgehead atoms. The van der Waals surface area contributed by atoms with E-state index >= 15 is 0 Å². The zero-order chi connectivity index (χ0) is 18.9. The van der Waals surface area contributed by atoms with E-state index in [1.54, 1.807) is 18.2 Å². The van der Waals surface area contributed by atoms with Crippen molar-refractivity contribution in [2.24, 2.45) is 0 Å². The Morgan fingerprint density at radius 3 is 2.65 bits per heavy atom. The second-order valence-corrected chi connectivity index (χ2v) is 8.57. The van der Waals surface area contributed by atoms with Crippen molar-refractivity contribution in [3.63, 3.8) is 0 Å². The second-order valence-electron chi connectivity index (χ2n) is 6.14. The zero-order valence-corrected chi connectivity index (χ0v) is 15.8. The molecule has 0 fully saturated rings. The van der Waals surface area contributed by atoms with Crippen LogP contribution in [0.4, 0.5) is 0 Å². The molecule has 0 spiro atoms. The molecular formula is C20H19N2O3P. The van der Waals surface area contributed by atoms with Crippen LogP contribution in [0.15, 0.2) is 36.4 Å². The summed E-state index contributed by atoms with van der Waals surface area (Å²) in [5, 5.41) is 10.8. The molecule has 132 valence electrons. The van der Waals surface area contributed by atoms with E-state index in [1.165, 1.54) is 7.11 Å². The standard InChI is InChI=1S/C20H19N2O3P/c1-4-14-8-15(11-21)10-16(9-14)26(24,25-3)20-17-7-13(2)5-6-18(17)22-19(20)12-23/h5-10,12,22H,4H2,1-3H3. The third-order valence-corrected chi connectivity index (χ3v) is 7.00. The lowest BCUT2D eigenvalue weighted by atomic mass is 10.1. The molecule has 0 saturated carbocycles. The molecule has 0 aliphatic heterocycles. The molecule has 1 unspecified atom stereocenters. The maximum Gasteiger partial charge on any atom is 0.263 e. The first-order valence-electron chi connectivity index (χ1n) is 8.25. The highest BCUT2D eigenvalue weighted by molar-refractivity contribution is 7.75. The van der Waals surface area contributed by atoms with Crippen LogP contribution in [-0.4, -0.2) is 18.4 Å². The van der Waals surface area contributed by atoms with Crippen molar-refractivity contribution in [1.29, 1.82) is 5.26 Å². The third kappa shape index (κ3) is 2.88. The predicted octanol–water partition coefficient (Wildman–Crippen LogP) is 3.60. The lowest BCUT2D eigenvalue weighted by Gasteiger charge is -2.18. The van der Waals surface area contributed by atoms with Gasteiger partial charge in [0.05, 0.1) is 22.6 Å². The van der Waals surface area contributed by atoms with E-state index in [0.29, 0.717) is 34.3 Å². The van der Waals surface area contributed by atoms with E-state index in [2.05, 4.69) is 11.1 Å². The van der Waals surface area contributed by atoms with Crippen LogP contribution in [0.1, 0.15) is 34.1 Å². The van der Waals surface area contributed by atoms with Crippen molar-refractivity contribution in [2.45, 2.75) is 20.3 Å². The number of nitrogens with zero attached hydrogens (tertiary/aromatic N) is 1. The van der Waals surface area contributed by atoms with Gasteiger partial charge in [-0.05, 0) is 49.2 Å². The average Bonchev–Trinajstić information content (AvgIpc) is 3.05. The number of nitriles is 1. The van der Waals surface area contributed by atoms with Gasteiger partial charge in [0.1, 0.15) is 0 Å². The van der Waals surface area contributed by atoms with Crippen molar-refractivity contribution < 1.29 is 13.9 Å². The van der Waals surface area contributed by atoms with E-state index in [0.717, 1.165) is 16.6 Å². The molecule has 0 aliphatic rings. The summed E-state index contributed by atoms with van der Waals surface area (Å²) in [6.07, 6.45) is 1.35. The van der Waals surface area contributed by atoms with Gasteiger partial charge in [-0.15, -0.1) is 0 Å². The summed E-state index contributed by atoms with van der Waals surface area (Å²) in [6, 6.07) is 12.9. The van der Waals surface area contributed by atoms with Gasteiger partial charge in [0, 0.05) is 23.3 Å². The largest absolute Gasteiger partial charge is 0.352 e. The SMILES string of the molecule is CCc1cc(C#N)cc(P(=O)(OC)c2c(C=O)[nH]c3ccc(C)cc23)c1. The van der Waals surface area contributed by atoms with Gasteiger partial charge < -0.3 is 9.51 Å². The van der Waals surface area contributed by atoms with E-state index in [-0.39, 0.29) is 5.69 Å². The van der Waals surface area contributed by atoms with Crippen LogP contribution in [-0.2, 0) is 15.5 Å². The molecule has 1 aromatic heterocycles.